The fourth-order valence-corrected chi connectivity index (χ4v) is 2.29. The Kier molecular flexibility index (Phi) is 8.01. The van der Waals surface area contributed by atoms with E-state index in [0.717, 1.165) is 31.4 Å². The van der Waals surface area contributed by atoms with Crippen LogP contribution in [0.4, 0.5) is 0 Å². The molecule has 7 heteroatoms. The number of nitrogens with one attached hydrogen (secondary N) is 1. The Bertz CT molecular complexity index is 419. The number of carbonyl (C=O) groups excluding carboxylic acids is 1. The van der Waals surface area contributed by atoms with Gasteiger partial charge in [0.15, 0.2) is 0 Å². The Morgan fingerprint density at radius 3 is 2.45 bits per heavy atom. The number of amides is 1. The molecule has 114 valence electrons. The molecule has 2 rings (SSSR count). The highest BCUT2D eigenvalue weighted by molar-refractivity contribution is 5.91. The van der Waals surface area contributed by atoms with Crippen molar-refractivity contribution in [2.24, 2.45) is 5.73 Å². The van der Waals surface area contributed by atoms with Gasteiger partial charge in [0.1, 0.15) is 5.69 Å². The van der Waals surface area contributed by atoms with E-state index in [1.54, 1.807) is 6.20 Å². The Balaban J connectivity index is 0.00000180. The van der Waals surface area contributed by atoms with Gasteiger partial charge in [0.25, 0.3) is 5.91 Å². The van der Waals surface area contributed by atoms with E-state index in [1.165, 1.54) is 12.6 Å². The van der Waals surface area contributed by atoms with Crippen molar-refractivity contribution in [3.05, 3.63) is 23.8 Å². The van der Waals surface area contributed by atoms with Crippen LogP contribution in [0.15, 0.2) is 12.4 Å². The lowest BCUT2D eigenvalue weighted by atomic mass is 9.82. The van der Waals surface area contributed by atoms with Gasteiger partial charge in [0.2, 0.25) is 0 Å². The van der Waals surface area contributed by atoms with Crippen LogP contribution in [0.1, 0.15) is 48.3 Å². The summed E-state index contributed by atoms with van der Waals surface area (Å²) in [5.41, 5.74) is 7.16. The van der Waals surface area contributed by atoms with Crippen molar-refractivity contribution in [2.75, 3.05) is 6.54 Å². The summed E-state index contributed by atoms with van der Waals surface area (Å²) in [5, 5.41) is 2.86. The van der Waals surface area contributed by atoms with Crippen LogP contribution >= 0.6 is 24.8 Å². The van der Waals surface area contributed by atoms with Gasteiger partial charge in [-0.2, -0.15) is 0 Å². The summed E-state index contributed by atoms with van der Waals surface area (Å²) >= 11 is 0. The van der Waals surface area contributed by atoms with Crippen molar-refractivity contribution in [3.8, 4) is 0 Å². The monoisotopic (exact) mass is 320 g/mol. The number of aryl methyl sites for hydroxylation is 1. The molecule has 1 amide bonds. The van der Waals surface area contributed by atoms with Gasteiger partial charge < -0.3 is 11.1 Å². The molecule has 1 heterocycles. The zero-order valence-electron chi connectivity index (χ0n) is 11.6. The van der Waals surface area contributed by atoms with Crippen molar-refractivity contribution in [1.82, 2.24) is 15.3 Å². The first-order chi connectivity index (χ1) is 8.59. The van der Waals surface area contributed by atoms with Crippen LogP contribution in [0.25, 0.3) is 0 Å². The predicted molar refractivity (Wildman–Crippen MR) is 83.6 cm³/mol. The molecule has 0 radical (unpaired) electrons. The molecule has 1 aromatic heterocycles. The van der Waals surface area contributed by atoms with Gasteiger partial charge in [-0.1, -0.05) is 19.3 Å². The van der Waals surface area contributed by atoms with E-state index in [1.807, 2.05) is 6.92 Å². The van der Waals surface area contributed by atoms with Gasteiger partial charge in [-0.3, -0.25) is 9.78 Å². The van der Waals surface area contributed by atoms with Crippen molar-refractivity contribution < 1.29 is 4.79 Å². The quantitative estimate of drug-likeness (QED) is 0.892. The van der Waals surface area contributed by atoms with Gasteiger partial charge in [-0.25, -0.2) is 4.98 Å². The minimum Gasteiger partial charge on any atom is -0.349 e. The molecule has 0 aliphatic heterocycles. The minimum absolute atomic E-state index is 0. The molecule has 0 atom stereocenters. The molecule has 5 nitrogen and oxygen atoms in total. The third-order valence-corrected chi connectivity index (χ3v) is 3.46. The number of rotatable bonds is 3. The Labute approximate surface area is 132 Å². The van der Waals surface area contributed by atoms with Gasteiger partial charge in [-0.05, 0) is 19.8 Å². The highest BCUT2D eigenvalue weighted by Gasteiger charge is 2.27. The van der Waals surface area contributed by atoms with E-state index in [0.29, 0.717) is 12.2 Å². The highest BCUT2D eigenvalue weighted by Crippen LogP contribution is 2.25. The molecular formula is C13H22Cl2N4O. The van der Waals surface area contributed by atoms with Gasteiger partial charge in [0, 0.05) is 18.3 Å². The summed E-state index contributed by atoms with van der Waals surface area (Å²) < 4.78 is 0. The van der Waals surface area contributed by atoms with Crippen LogP contribution in [-0.2, 0) is 0 Å². The van der Waals surface area contributed by atoms with E-state index in [9.17, 15) is 4.79 Å². The second-order valence-corrected chi connectivity index (χ2v) is 5.15. The summed E-state index contributed by atoms with van der Waals surface area (Å²) in [7, 11) is 0. The smallest absolute Gasteiger partial charge is 0.271 e. The predicted octanol–water partition coefficient (Wildman–Crippen LogP) is 2.02. The second kappa shape index (κ2) is 8.39. The van der Waals surface area contributed by atoms with Crippen molar-refractivity contribution >= 4 is 30.7 Å². The molecule has 0 spiro atoms. The summed E-state index contributed by atoms with van der Waals surface area (Å²) in [6.07, 6.45) is 8.59. The SMILES string of the molecule is Cc1cnc(C(=O)NCC2(N)CCCCC2)cn1.Cl.Cl. The maximum atomic E-state index is 11.9. The highest BCUT2D eigenvalue weighted by atomic mass is 35.5. The average molecular weight is 321 g/mol. The molecule has 0 aromatic carbocycles. The Morgan fingerprint density at radius 1 is 1.25 bits per heavy atom. The number of carbonyl (C=O) groups is 1. The Hall–Kier alpha value is -0.910. The van der Waals surface area contributed by atoms with Crippen LogP contribution < -0.4 is 11.1 Å². The molecule has 1 aromatic rings. The lowest BCUT2D eigenvalue weighted by Crippen LogP contribution is -2.51. The van der Waals surface area contributed by atoms with E-state index in [4.69, 9.17) is 5.73 Å². The first-order valence-electron chi connectivity index (χ1n) is 6.45. The van der Waals surface area contributed by atoms with Gasteiger partial charge in [-0.15, -0.1) is 24.8 Å². The van der Waals surface area contributed by atoms with Crippen molar-refractivity contribution in [3.63, 3.8) is 0 Å². The number of hydrogen-bond donors (Lipinski definition) is 2. The zero-order valence-corrected chi connectivity index (χ0v) is 13.2. The van der Waals surface area contributed by atoms with Crippen LogP contribution in [0, 0.1) is 6.92 Å². The number of hydrogen-bond acceptors (Lipinski definition) is 4. The summed E-state index contributed by atoms with van der Waals surface area (Å²) in [6.45, 7) is 2.35. The van der Waals surface area contributed by atoms with Gasteiger partial charge in [0.05, 0.1) is 11.9 Å². The molecule has 3 N–H and O–H groups in total. The number of nitrogens with zero attached hydrogens (tertiary/aromatic N) is 2. The maximum absolute atomic E-state index is 11.9. The van der Waals surface area contributed by atoms with Crippen LogP contribution in [0.2, 0.25) is 0 Å². The third kappa shape index (κ3) is 5.23. The number of aromatic nitrogens is 2. The lowest BCUT2D eigenvalue weighted by molar-refractivity contribution is 0.0932. The molecule has 0 bridgehead atoms. The van der Waals surface area contributed by atoms with Crippen molar-refractivity contribution in [2.45, 2.75) is 44.6 Å². The average Bonchev–Trinajstić information content (AvgIpc) is 2.38. The van der Waals surface area contributed by atoms with E-state index < -0.39 is 0 Å². The zero-order chi connectivity index (χ0) is 13.0. The van der Waals surface area contributed by atoms with Crippen molar-refractivity contribution in [1.29, 1.82) is 0 Å². The fraction of sp³-hybridized carbons (Fsp3) is 0.615. The number of halogens is 2. The fourth-order valence-electron chi connectivity index (χ4n) is 2.29. The standard InChI is InChI=1S/C13H20N4O.2ClH/c1-10-7-16-11(8-15-10)12(18)17-9-13(14)5-3-2-4-6-13;;/h7-8H,2-6,9,14H2,1H3,(H,17,18);2*1H. The van der Waals surface area contributed by atoms with Crippen LogP contribution in [0.3, 0.4) is 0 Å². The maximum Gasteiger partial charge on any atom is 0.271 e. The minimum atomic E-state index is -0.244. The Morgan fingerprint density at radius 2 is 1.90 bits per heavy atom. The molecule has 0 unspecified atom stereocenters. The van der Waals surface area contributed by atoms with E-state index in [2.05, 4.69) is 15.3 Å². The molecule has 1 saturated carbocycles. The third-order valence-electron chi connectivity index (χ3n) is 3.46. The molecule has 1 fully saturated rings. The largest absolute Gasteiger partial charge is 0.349 e. The molecular weight excluding hydrogens is 299 g/mol. The second-order valence-electron chi connectivity index (χ2n) is 5.15. The normalized spacial score (nSPS) is 16.5. The summed E-state index contributed by atoms with van der Waals surface area (Å²) in [4.78, 5) is 20.0. The number of nitrogens with two attached hydrogens (primary N) is 1. The molecule has 0 saturated heterocycles. The molecule has 20 heavy (non-hydrogen) atoms. The van der Waals surface area contributed by atoms with E-state index >= 15 is 0 Å². The molecule has 1 aliphatic rings. The summed E-state index contributed by atoms with van der Waals surface area (Å²) in [5.74, 6) is -0.196. The topological polar surface area (TPSA) is 80.9 Å². The van der Waals surface area contributed by atoms with E-state index in [-0.39, 0.29) is 36.3 Å². The first-order valence-corrected chi connectivity index (χ1v) is 6.45. The first kappa shape index (κ1) is 19.1. The lowest BCUT2D eigenvalue weighted by Gasteiger charge is -2.33. The van der Waals surface area contributed by atoms with Crippen LogP contribution in [-0.4, -0.2) is 28.0 Å². The summed E-state index contributed by atoms with van der Waals surface area (Å²) in [6, 6.07) is 0. The molecule has 1 aliphatic carbocycles. The van der Waals surface area contributed by atoms with Crippen LogP contribution in [0.5, 0.6) is 0 Å². The van der Waals surface area contributed by atoms with Gasteiger partial charge >= 0.3 is 0 Å².